The zero-order chi connectivity index (χ0) is 56.9. The van der Waals surface area contributed by atoms with Crippen LogP contribution in [0.5, 0.6) is 5.75 Å². The number of nitrogens with one attached hydrogen (secondary N) is 1. The maximum atomic E-state index is 15.2. The first-order chi connectivity index (χ1) is 36.3. The van der Waals surface area contributed by atoms with Gasteiger partial charge in [0.25, 0.3) is 0 Å². The number of carbonyl (C=O) groups is 7. The Bertz CT molecular complexity index is 2830. The van der Waals surface area contributed by atoms with Crippen LogP contribution in [0, 0.1) is 11.3 Å². The smallest absolute Gasteiger partial charge is 0.344 e. The Morgan fingerprint density at radius 3 is 1.94 bits per heavy atom. The summed E-state index contributed by atoms with van der Waals surface area (Å²) in [5.74, 6) is -8.39. The molecule has 0 amide bonds. The van der Waals surface area contributed by atoms with E-state index < -0.39 is 94.2 Å². The van der Waals surface area contributed by atoms with Gasteiger partial charge in [-0.3, -0.25) is 19.4 Å². The van der Waals surface area contributed by atoms with Crippen molar-refractivity contribution in [3.63, 3.8) is 0 Å². The molecule has 1 spiro atoms. The largest absolute Gasteiger partial charge is 0.496 e. The van der Waals surface area contributed by atoms with Crippen molar-refractivity contribution in [2.24, 2.45) is 11.3 Å². The molecule has 3 aromatic rings. The van der Waals surface area contributed by atoms with Crippen LogP contribution in [0.4, 0.5) is 5.69 Å². The number of aliphatic hydroxyl groups excluding tert-OH is 4. The highest BCUT2D eigenvalue weighted by atomic mass is 16.6. The first kappa shape index (κ1) is 57.8. The SMILES string of the molecule is CCC1=CC2CN(C1)Cc1c([nH]c3ccccc13)[C@](C(=O)OC)(c1cc3c(cc1OC)N(C)[C@H]1[C@@](O)(C(=O)OC)[C@H](OC(C)=O)[C@]4(CC)C=CCN5CC[C@]31[C@@H]54)C2.O=C(O)[C@H](O)[C@@H](O)C(=O)O.O=C(O)[C@H](O)[C@@H](O)C(=O)O. The molecule has 2 aromatic carbocycles. The minimum atomic E-state index is -2.27. The number of rotatable bonds is 13. The normalized spacial score (nSPS) is 29.9. The number of aliphatic carboxylic acids is 4. The number of aromatic nitrogens is 1. The number of para-hydroxylation sites is 1. The van der Waals surface area contributed by atoms with Crippen LogP contribution in [0.1, 0.15) is 68.8 Å². The van der Waals surface area contributed by atoms with Crippen molar-refractivity contribution in [2.75, 3.05) is 59.5 Å². The van der Waals surface area contributed by atoms with Gasteiger partial charge in [0.1, 0.15) is 11.2 Å². The highest BCUT2D eigenvalue weighted by Gasteiger charge is 2.80. The van der Waals surface area contributed by atoms with Crippen molar-refractivity contribution in [1.29, 1.82) is 0 Å². The number of carboxylic acids is 4. The molecular formula is C53H66N4O20. The Balaban J connectivity index is 0.000000365. The number of aliphatic hydroxyl groups is 5. The van der Waals surface area contributed by atoms with Crippen molar-refractivity contribution in [2.45, 2.75) is 112 Å². The van der Waals surface area contributed by atoms with Crippen LogP contribution in [0.25, 0.3) is 10.9 Å². The van der Waals surface area contributed by atoms with Crippen molar-refractivity contribution in [1.82, 2.24) is 14.8 Å². The fourth-order valence-corrected chi connectivity index (χ4v) is 13.4. The number of hydrogen-bond acceptors (Lipinski definition) is 19. The minimum absolute atomic E-state index is 0.0284. The number of carbonyl (C=O) groups excluding carboxylic acids is 3. The Morgan fingerprint density at radius 1 is 0.805 bits per heavy atom. The lowest BCUT2D eigenvalue weighted by Gasteiger charge is -2.63. The van der Waals surface area contributed by atoms with Gasteiger partial charge in [-0.25, -0.2) is 24.0 Å². The summed E-state index contributed by atoms with van der Waals surface area (Å²) >= 11 is 0. The lowest BCUT2D eigenvalue weighted by atomic mass is 9.47. The summed E-state index contributed by atoms with van der Waals surface area (Å²) < 4.78 is 23.9. The molecule has 1 saturated heterocycles. The number of fused-ring (bicyclic) bond motifs is 6. The van der Waals surface area contributed by atoms with Crippen molar-refractivity contribution < 1.29 is 98.5 Å². The molecule has 10 N–H and O–H groups in total. The van der Waals surface area contributed by atoms with Gasteiger partial charge in [0, 0.05) is 90.9 Å². The monoisotopic (exact) mass is 1080 g/mol. The molecule has 13 atom stereocenters. The number of esters is 3. The van der Waals surface area contributed by atoms with Crippen molar-refractivity contribution in [3.8, 4) is 5.75 Å². The van der Waals surface area contributed by atoms with Crippen molar-refractivity contribution in [3.05, 3.63) is 82.6 Å². The zero-order valence-electron chi connectivity index (χ0n) is 43.5. The van der Waals surface area contributed by atoms with E-state index in [0.717, 1.165) is 52.9 Å². The van der Waals surface area contributed by atoms with Gasteiger partial charge in [-0.15, -0.1) is 0 Å². The van der Waals surface area contributed by atoms with E-state index in [9.17, 15) is 33.9 Å². The van der Waals surface area contributed by atoms with E-state index in [0.29, 0.717) is 50.2 Å². The van der Waals surface area contributed by atoms with E-state index in [1.165, 1.54) is 26.7 Å². The Hall–Kier alpha value is -6.93. The molecule has 418 valence electrons. The summed E-state index contributed by atoms with van der Waals surface area (Å²) in [5, 5.41) is 79.4. The Labute approximate surface area is 441 Å². The molecule has 77 heavy (non-hydrogen) atoms. The molecule has 1 aromatic heterocycles. The molecule has 6 aliphatic rings. The van der Waals surface area contributed by atoms with Crippen LogP contribution in [0.15, 0.2) is 60.2 Å². The molecule has 1 saturated carbocycles. The van der Waals surface area contributed by atoms with Crippen LogP contribution < -0.4 is 9.64 Å². The van der Waals surface area contributed by atoms with Crippen LogP contribution in [0.3, 0.4) is 0 Å². The number of hydrogen-bond donors (Lipinski definition) is 10. The maximum absolute atomic E-state index is 15.2. The second-order valence-electron chi connectivity index (χ2n) is 20.3. The maximum Gasteiger partial charge on any atom is 0.344 e. The minimum Gasteiger partial charge on any atom is -0.496 e. The Kier molecular flexibility index (Phi) is 16.4. The molecule has 9 rings (SSSR count). The van der Waals surface area contributed by atoms with E-state index in [2.05, 4.69) is 58.1 Å². The van der Waals surface area contributed by atoms with Gasteiger partial charge in [0.15, 0.2) is 30.5 Å². The Morgan fingerprint density at radius 2 is 1.40 bits per heavy atom. The molecule has 24 heteroatoms. The third-order valence-electron chi connectivity index (χ3n) is 16.4. The fourth-order valence-electron chi connectivity index (χ4n) is 13.4. The van der Waals surface area contributed by atoms with Crippen molar-refractivity contribution >= 4 is 58.4 Å². The summed E-state index contributed by atoms with van der Waals surface area (Å²) in [7, 11) is 6.22. The van der Waals surface area contributed by atoms with Gasteiger partial charge < -0.3 is 74.8 Å². The molecule has 1 aliphatic carbocycles. The van der Waals surface area contributed by atoms with Gasteiger partial charge in [-0.05, 0) is 61.4 Å². The summed E-state index contributed by atoms with van der Waals surface area (Å²) in [4.78, 5) is 92.2. The van der Waals surface area contributed by atoms with Gasteiger partial charge >= 0.3 is 41.8 Å². The lowest BCUT2D eigenvalue weighted by Crippen LogP contribution is -2.81. The number of H-pyrrole nitrogens is 1. The molecular weight excluding hydrogens is 1010 g/mol. The standard InChI is InChI=1S/C45H54N4O8.2C4H6O6/c1-8-27-19-28-22-44(40(51)55-6,36-30(25-48(23-27)24-28)29-13-10-11-14-33(29)46-36)32-20-31-34(21-35(32)54-5)47(4)38-43(31)16-18-49-17-12-15-42(9-2,37(43)49)39(57-26(3)50)45(38,53)41(52)56-7;2*5-1(3(7)8)2(6)4(9)10/h10-15,19-21,28,37-39,46,53H,8-9,16-18,22-25H2,1-7H3;2*1-2,5-6H,(H,7,8)(H,9,10)/t28?,37-,38+,39+,42+,43+,44+,45-;2*1-,2-/m011/s1. The number of anilines is 1. The molecule has 24 nitrogen and oxygen atoms in total. The summed E-state index contributed by atoms with van der Waals surface area (Å²) in [6.45, 7) is 9.19. The highest BCUT2D eigenvalue weighted by Crippen LogP contribution is 2.68. The number of likely N-dealkylation sites (N-methyl/N-ethyl adjacent to an activating group) is 1. The molecule has 5 aliphatic heterocycles. The zero-order valence-corrected chi connectivity index (χ0v) is 43.5. The number of methoxy groups -OCH3 is 3. The highest BCUT2D eigenvalue weighted by molar-refractivity contribution is 5.95. The van der Waals surface area contributed by atoms with E-state index in [1.54, 1.807) is 7.11 Å². The predicted octanol–water partition coefficient (Wildman–Crippen LogP) is 0.508. The third-order valence-corrected chi connectivity index (χ3v) is 16.4. The van der Waals surface area contributed by atoms with E-state index in [-0.39, 0.29) is 17.9 Å². The van der Waals surface area contributed by atoms with Crippen LogP contribution in [-0.2, 0) is 65.1 Å². The average Bonchev–Trinajstić information content (AvgIpc) is 4.06. The van der Waals surface area contributed by atoms with Gasteiger partial charge in [-0.1, -0.05) is 55.8 Å². The number of aromatic amines is 1. The number of ether oxygens (including phenoxy) is 4. The quantitative estimate of drug-likeness (QED) is 0.0633. The topological polar surface area (TPSA) is 364 Å². The lowest BCUT2D eigenvalue weighted by molar-refractivity contribution is -0.228. The van der Waals surface area contributed by atoms with Crippen LogP contribution in [0.2, 0.25) is 0 Å². The van der Waals surface area contributed by atoms with E-state index >= 15 is 4.79 Å². The summed E-state index contributed by atoms with van der Waals surface area (Å²) in [6, 6.07) is 11.2. The number of benzene rings is 2. The van der Waals surface area contributed by atoms with Gasteiger partial charge in [-0.2, -0.15) is 0 Å². The van der Waals surface area contributed by atoms with Gasteiger partial charge in [0.2, 0.25) is 5.60 Å². The fraction of sp³-hybridized carbons (Fsp3) is 0.528. The predicted molar refractivity (Wildman–Crippen MR) is 269 cm³/mol. The van der Waals surface area contributed by atoms with Gasteiger partial charge in [0.05, 0.1) is 27.4 Å². The first-order valence-electron chi connectivity index (χ1n) is 24.9. The molecule has 0 radical (unpaired) electrons. The summed E-state index contributed by atoms with van der Waals surface area (Å²) in [5.41, 5.74) is 1.05. The van der Waals surface area contributed by atoms with E-state index in [1.807, 2.05) is 37.1 Å². The molecule has 2 unspecified atom stereocenters. The number of carboxylic acid groups (broad SMARTS) is 4. The van der Waals surface area contributed by atoms with Crippen LogP contribution in [-0.4, -0.2) is 205 Å². The first-order valence-corrected chi connectivity index (χ1v) is 24.9. The number of nitrogens with zero attached hydrogens (tertiary/aromatic N) is 3. The molecule has 2 bridgehead atoms. The third kappa shape index (κ3) is 9.27. The second-order valence-corrected chi connectivity index (χ2v) is 20.3. The molecule has 6 heterocycles. The molecule has 2 fully saturated rings. The second kappa shape index (κ2) is 21.8. The summed E-state index contributed by atoms with van der Waals surface area (Å²) in [6.07, 6.45) is -1.39. The van der Waals surface area contributed by atoms with Crippen LogP contribution >= 0.6 is 0 Å². The van der Waals surface area contributed by atoms with E-state index in [4.69, 9.17) is 59.8 Å². The average molecular weight is 1080 g/mol.